The van der Waals surface area contributed by atoms with E-state index in [0.717, 1.165) is 12.1 Å². The minimum absolute atomic E-state index is 0.0295. The zero-order chi connectivity index (χ0) is 18.9. The fourth-order valence-electron chi connectivity index (χ4n) is 2.61. The third kappa shape index (κ3) is 3.38. The molecule has 3 aromatic rings. The molecular weight excluding hydrogens is 347 g/mol. The highest BCUT2D eigenvalue weighted by molar-refractivity contribution is 5.84. The van der Waals surface area contributed by atoms with Crippen LogP contribution >= 0.6 is 0 Å². The van der Waals surface area contributed by atoms with Crippen molar-refractivity contribution in [2.75, 3.05) is 6.54 Å². The van der Waals surface area contributed by atoms with Crippen molar-refractivity contribution in [3.05, 3.63) is 69.9 Å². The smallest absolute Gasteiger partial charge is 0.320 e. The van der Waals surface area contributed by atoms with Crippen molar-refractivity contribution in [2.45, 2.75) is 6.18 Å². The molecule has 0 aliphatic heterocycles. The molecule has 5 nitrogen and oxygen atoms in total. The van der Waals surface area contributed by atoms with Crippen molar-refractivity contribution in [3.8, 4) is 17.5 Å². The maximum Gasteiger partial charge on any atom is 0.416 e. The van der Waals surface area contributed by atoms with E-state index in [1.54, 1.807) is 12.3 Å². The number of halogens is 3. The van der Waals surface area contributed by atoms with E-state index < -0.39 is 16.7 Å². The Labute approximate surface area is 146 Å². The van der Waals surface area contributed by atoms with Crippen LogP contribution in [-0.4, -0.2) is 16.0 Å². The van der Waals surface area contributed by atoms with Crippen molar-refractivity contribution >= 4 is 16.6 Å². The van der Waals surface area contributed by atoms with Crippen LogP contribution in [0.3, 0.4) is 0 Å². The van der Waals surface area contributed by atoms with Gasteiger partial charge in [-0.15, -0.1) is 0 Å². The first-order chi connectivity index (χ1) is 12.3. The standard InChI is InChI=1S/C18H12F3N3O2/c19-18(20,21)14-8-12(2-1-6-22)9-16(11-14)23-7-5-13-10-15(24(25)26)3-4-17(13)23/h3-5,7-11H,6,22H2. The topological polar surface area (TPSA) is 74.1 Å². The highest BCUT2D eigenvalue weighted by Crippen LogP contribution is 2.33. The van der Waals surface area contributed by atoms with E-state index in [-0.39, 0.29) is 23.5 Å². The van der Waals surface area contributed by atoms with Gasteiger partial charge in [0.15, 0.2) is 0 Å². The summed E-state index contributed by atoms with van der Waals surface area (Å²) in [4.78, 5) is 10.3. The molecule has 0 saturated heterocycles. The second-order valence-electron chi connectivity index (χ2n) is 5.46. The van der Waals surface area contributed by atoms with Gasteiger partial charge in [-0.05, 0) is 30.3 Å². The fourth-order valence-corrected chi connectivity index (χ4v) is 2.61. The monoisotopic (exact) mass is 359 g/mol. The minimum atomic E-state index is -4.53. The number of rotatable bonds is 2. The Morgan fingerprint density at radius 2 is 1.92 bits per heavy atom. The van der Waals surface area contributed by atoms with Crippen LogP contribution in [0.25, 0.3) is 16.6 Å². The minimum Gasteiger partial charge on any atom is -0.320 e. The Morgan fingerprint density at radius 1 is 1.15 bits per heavy atom. The quantitative estimate of drug-likeness (QED) is 0.429. The molecule has 0 radical (unpaired) electrons. The number of hydrogen-bond acceptors (Lipinski definition) is 3. The maximum absolute atomic E-state index is 13.2. The molecule has 1 heterocycles. The number of non-ortho nitro benzene ring substituents is 1. The number of nitrogens with zero attached hydrogens (tertiary/aromatic N) is 2. The molecule has 2 N–H and O–H groups in total. The molecule has 3 rings (SSSR count). The van der Waals surface area contributed by atoms with Crippen molar-refractivity contribution in [1.29, 1.82) is 0 Å². The number of aromatic nitrogens is 1. The normalized spacial score (nSPS) is 11.2. The van der Waals surface area contributed by atoms with Crippen molar-refractivity contribution in [3.63, 3.8) is 0 Å². The van der Waals surface area contributed by atoms with Gasteiger partial charge in [-0.3, -0.25) is 10.1 Å². The van der Waals surface area contributed by atoms with Gasteiger partial charge in [0.05, 0.1) is 22.5 Å². The molecule has 0 fully saturated rings. The molecule has 0 amide bonds. The highest BCUT2D eigenvalue weighted by atomic mass is 19.4. The van der Waals surface area contributed by atoms with Crippen LogP contribution in [0, 0.1) is 22.0 Å². The number of fused-ring (bicyclic) bond motifs is 1. The Balaban J connectivity index is 2.19. The first-order valence-corrected chi connectivity index (χ1v) is 7.47. The van der Waals surface area contributed by atoms with Crippen LogP contribution in [0.2, 0.25) is 0 Å². The number of nitrogens with two attached hydrogens (primary N) is 1. The summed E-state index contributed by atoms with van der Waals surface area (Å²) in [6.07, 6.45) is -2.97. The van der Waals surface area contributed by atoms with Gasteiger partial charge in [-0.2, -0.15) is 13.2 Å². The van der Waals surface area contributed by atoms with E-state index in [1.807, 2.05) is 0 Å². The van der Waals surface area contributed by atoms with Gasteiger partial charge in [-0.25, -0.2) is 0 Å². The lowest BCUT2D eigenvalue weighted by atomic mass is 10.1. The van der Waals surface area contributed by atoms with Gasteiger partial charge < -0.3 is 10.3 Å². The molecule has 1 aromatic heterocycles. The lowest BCUT2D eigenvalue weighted by Crippen LogP contribution is -2.07. The molecule has 0 atom stereocenters. The predicted octanol–water partition coefficient (Wildman–Crippen LogP) is 3.87. The number of nitro groups is 1. The molecule has 0 bridgehead atoms. The van der Waals surface area contributed by atoms with Crippen LogP contribution in [0.15, 0.2) is 48.7 Å². The van der Waals surface area contributed by atoms with Crippen molar-refractivity contribution in [2.24, 2.45) is 5.73 Å². The van der Waals surface area contributed by atoms with Gasteiger partial charge in [0, 0.05) is 35.0 Å². The largest absolute Gasteiger partial charge is 0.416 e. The van der Waals surface area contributed by atoms with E-state index in [0.29, 0.717) is 10.9 Å². The summed E-state index contributed by atoms with van der Waals surface area (Å²) in [5.74, 6) is 5.15. The molecule has 0 aliphatic rings. The Kier molecular flexibility index (Phi) is 4.40. The van der Waals surface area contributed by atoms with Gasteiger partial charge >= 0.3 is 6.18 Å². The van der Waals surface area contributed by atoms with Crippen molar-refractivity contribution < 1.29 is 18.1 Å². The lowest BCUT2D eigenvalue weighted by molar-refractivity contribution is -0.384. The zero-order valence-electron chi connectivity index (χ0n) is 13.2. The average molecular weight is 359 g/mol. The van der Waals surface area contributed by atoms with Crippen LogP contribution in [0.4, 0.5) is 18.9 Å². The summed E-state index contributed by atoms with van der Waals surface area (Å²) in [6, 6.07) is 9.26. The average Bonchev–Trinajstić information content (AvgIpc) is 3.02. The van der Waals surface area contributed by atoms with Gasteiger partial charge in [0.1, 0.15) is 0 Å². The summed E-state index contributed by atoms with van der Waals surface area (Å²) in [5, 5.41) is 11.4. The fraction of sp³-hybridized carbons (Fsp3) is 0.111. The van der Waals surface area contributed by atoms with Crippen molar-refractivity contribution in [1.82, 2.24) is 4.57 Å². The number of hydrogen-bond donors (Lipinski definition) is 1. The second kappa shape index (κ2) is 6.54. The molecule has 2 aromatic carbocycles. The van der Waals surface area contributed by atoms with Gasteiger partial charge in [-0.1, -0.05) is 11.8 Å². The third-order valence-corrected chi connectivity index (χ3v) is 3.74. The molecule has 0 unspecified atom stereocenters. The Hall–Kier alpha value is -3.31. The molecule has 0 spiro atoms. The summed E-state index contributed by atoms with van der Waals surface area (Å²) in [5.41, 5.74) is 5.36. The summed E-state index contributed by atoms with van der Waals surface area (Å²) in [6.45, 7) is 0.0295. The lowest BCUT2D eigenvalue weighted by Gasteiger charge is -2.12. The van der Waals surface area contributed by atoms with Crippen LogP contribution < -0.4 is 5.73 Å². The van der Waals surface area contributed by atoms with E-state index in [2.05, 4.69) is 11.8 Å². The van der Waals surface area contributed by atoms with E-state index in [9.17, 15) is 23.3 Å². The maximum atomic E-state index is 13.2. The zero-order valence-corrected chi connectivity index (χ0v) is 13.2. The molecule has 0 saturated carbocycles. The molecule has 26 heavy (non-hydrogen) atoms. The Bertz CT molecular complexity index is 1060. The first kappa shape index (κ1) is 17.5. The predicted molar refractivity (Wildman–Crippen MR) is 90.9 cm³/mol. The number of nitro benzene ring substituents is 1. The molecule has 0 aliphatic carbocycles. The van der Waals surface area contributed by atoms with Crippen LogP contribution in [-0.2, 0) is 6.18 Å². The van der Waals surface area contributed by atoms with Gasteiger partial charge in [0.2, 0.25) is 0 Å². The van der Waals surface area contributed by atoms with E-state index >= 15 is 0 Å². The summed E-state index contributed by atoms with van der Waals surface area (Å²) in [7, 11) is 0. The number of alkyl halides is 3. The Morgan fingerprint density at radius 3 is 2.58 bits per heavy atom. The SMILES string of the molecule is NCC#Cc1cc(-n2ccc3cc([N+](=O)[O-])ccc32)cc(C(F)(F)F)c1. The number of benzene rings is 2. The third-order valence-electron chi connectivity index (χ3n) is 3.74. The first-order valence-electron chi connectivity index (χ1n) is 7.47. The molecule has 132 valence electrons. The molecular formula is C18H12F3N3O2. The van der Waals surface area contributed by atoms with E-state index in [1.165, 1.54) is 28.8 Å². The van der Waals surface area contributed by atoms with Crippen LogP contribution in [0.1, 0.15) is 11.1 Å². The highest BCUT2D eigenvalue weighted by Gasteiger charge is 2.31. The van der Waals surface area contributed by atoms with E-state index in [4.69, 9.17) is 5.73 Å². The summed E-state index contributed by atoms with van der Waals surface area (Å²) >= 11 is 0. The van der Waals surface area contributed by atoms with Crippen LogP contribution in [0.5, 0.6) is 0 Å². The summed E-state index contributed by atoms with van der Waals surface area (Å²) < 4.78 is 41.2. The second-order valence-corrected chi connectivity index (χ2v) is 5.46. The van der Waals surface area contributed by atoms with Gasteiger partial charge in [0.25, 0.3) is 5.69 Å². The molecule has 8 heteroatoms.